The highest BCUT2D eigenvalue weighted by atomic mass is 19.1. The predicted octanol–water partition coefficient (Wildman–Crippen LogP) is 2.84. The summed E-state index contributed by atoms with van der Waals surface area (Å²) in [5, 5.41) is 0.469. The molecule has 0 bridgehead atoms. The number of carbonyl (C=O) groups is 1. The number of methoxy groups -OCH3 is 2. The first kappa shape index (κ1) is 18.0. The minimum atomic E-state index is -0.535. The van der Waals surface area contributed by atoms with Crippen molar-refractivity contribution in [2.75, 3.05) is 20.0 Å². The molecule has 9 heteroatoms. The van der Waals surface area contributed by atoms with Crippen LogP contribution in [-0.4, -0.2) is 40.0 Å². The maximum Gasteiger partial charge on any atom is 0.319 e. The van der Waals surface area contributed by atoms with Crippen LogP contribution in [0.1, 0.15) is 16.1 Å². The Bertz CT molecular complexity index is 1300. The molecule has 3 heterocycles. The topological polar surface area (TPSA) is 103 Å². The minimum Gasteiger partial charge on any atom is -0.480 e. The highest BCUT2D eigenvalue weighted by molar-refractivity contribution is 6.12. The third-order valence-electron chi connectivity index (χ3n) is 5.21. The van der Waals surface area contributed by atoms with Gasteiger partial charge in [-0.1, -0.05) is 6.08 Å². The molecule has 2 N–H and O–H groups in total. The Labute approximate surface area is 170 Å². The van der Waals surface area contributed by atoms with Crippen LogP contribution in [0.25, 0.3) is 22.0 Å². The van der Waals surface area contributed by atoms with E-state index in [-0.39, 0.29) is 35.6 Å². The first-order chi connectivity index (χ1) is 14.5. The molecule has 0 atom stereocenters. The lowest BCUT2D eigenvalue weighted by Gasteiger charge is -2.19. The van der Waals surface area contributed by atoms with Crippen molar-refractivity contribution in [3.63, 3.8) is 0 Å². The molecule has 150 valence electrons. The molecule has 1 amide bonds. The molecule has 2 aromatic heterocycles. The molecule has 0 spiro atoms. The van der Waals surface area contributed by atoms with Crippen molar-refractivity contribution < 1.29 is 18.7 Å². The number of allylic oxidation sites excluding steroid dienone is 3. The molecule has 8 nitrogen and oxygen atoms in total. The van der Waals surface area contributed by atoms with E-state index in [0.29, 0.717) is 27.7 Å². The van der Waals surface area contributed by atoms with Crippen LogP contribution in [0, 0.1) is 5.82 Å². The number of nitrogens with zero attached hydrogens (tertiary/aromatic N) is 4. The number of hydrogen-bond donors (Lipinski definition) is 1. The van der Waals surface area contributed by atoms with Gasteiger partial charge in [0.05, 0.1) is 54.4 Å². The number of nitrogen functional groups attached to an aromatic ring is 1. The molecule has 1 aliphatic heterocycles. The molecular weight excluding hydrogens is 389 g/mol. The lowest BCUT2D eigenvalue weighted by molar-refractivity contribution is 0.0831. The number of benzene rings is 1. The second kappa shape index (κ2) is 6.51. The van der Waals surface area contributed by atoms with Gasteiger partial charge in [-0.05, 0) is 24.3 Å². The zero-order valence-electron chi connectivity index (χ0n) is 16.1. The van der Waals surface area contributed by atoms with Gasteiger partial charge in [0.25, 0.3) is 5.91 Å². The van der Waals surface area contributed by atoms with Gasteiger partial charge in [-0.3, -0.25) is 4.79 Å². The van der Waals surface area contributed by atoms with Crippen LogP contribution < -0.4 is 15.2 Å². The molecular formula is C21H16FN5O3. The normalized spacial score (nSPS) is 14.6. The van der Waals surface area contributed by atoms with E-state index in [0.717, 1.165) is 5.70 Å². The largest absolute Gasteiger partial charge is 0.480 e. The van der Waals surface area contributed by atoms with E-state index < -0.39 is 5.82 Å². The molecule has 30 heavy (non-hydrogen) atoms. The van der Waals surface area contributed by atoms with Gasteiger partial charge in [-0.15, -0.1) is 0 Å². The van der Waals surface area contributed by atoms with E-state index >= 15 is 4.39 Å². The number of aromatic nitrogens is 3. The number of amides is 1. The maximum atomic E-state index is 15.0. The SMILES string of the molecule is COc1ncc(-c2c(F)ccc3c(N)c4c(nc23)CN(C2=CC=C2)C4=O)c(OC)n1. The number of nitrogens with two attached hydrogens (primary N) is 1. The lowest BCUT2D eigenvalue weighted by atomic mass is 10.00. The molecule has 5 rings (SSSR count). The van der Waals surface area contributed by atoms with Gasteiger partial charge in [0.15, 0.2) is 0 Å². The van der Waals surface area contributed by atoms with E-state index in [4.69, 9.17) is 15.2 Å². The molecule has 0 unspecified atom stereocenters. The van der Waals surface area contributed by atoms with E-state index in [1.807, 2.05) is 18.2 Å². The van der Waals surface area contributed by atoms with Gasteiger partial charge in [0.2, 0.25) is 5.88 Å². The number of fused-ring (bicyclic) bond motifs is 2. The summed E-state index contributed by atoms with van der Waals surface area (Å²) in [6.07, 6.45) is 6.94. The Hall–Kier alpha value is -4.01. The Balaban J connectivity index is 1.75. The monoisotopic (exact) mass is 405 g/mol. The Morgan fingerprint density at radius 3 is 2.63 bits per heavy atom. The average Bonchev–Trinajstić information content (AvgIpc) is 3.02. The number of anilines is 1. The van der Waals surface area contributed by atoms with Crippen molar-refractivity contribution in [3.8, 4) is 23.0 Å². The molecule has 0 saturated heterocycles. The standard InChI is InChI=1S/C21H16FN5O3/c1-29-19-12(8-24-21(26-19)30-2)15-13(22)7-6-11-17(23)16-14(25-18(11)15)9-27(20(16)28)10-4-3-5-10/h3-8H,9H2,1-2H3,(H2,23,25). The zero-order chi connectivity index (χ0) is 21.0. The summed E-state index contributed by atoms with van der Waals surface area (Å²) in [7, 11) is 2.85. The fourth-order valence-electron chi connectivity index (χ4n) is 3.69. The van der Waals surface area contributed by atoms with Crippen LogP contribution in [-0.2, 0) is 6.54 Å². The molecule has 2 aliphatic rings. The zero-order valence-corrected chi connectivity index (χ0v) is 16.1. The van der Waals surface area contributed by atoms with Crippen LogP contribution in [0.4, 0.5) is 10.1 Å². The minimum absolute atomic E-state index is 0.0904. The summed E-state index contributed by atoms with van der Waals surface area (Å²) in [5.74, 6) is -0.618. The Morgan fingerprint density at radius 1 is 1.17 bits per heavy atom. The molecule has 0 radical (unpaired) electrons. The average molecular weight is 405 g/mol. The Kier molecular flexibility index (Phi) is 3.92. The van der Waals surface area contributed by atoms with E-state index in [1.165, 1.54) is 32.5 Å². The highest BCUT2D eigenvalue weighted by Gasteiger charge is 2.35. The summed E-state index contributed by atoms with van der Waals surface area (Å²) >= 11 is 0. The van der Waals surface area contributed by atoms with Crippen molar-refractivity contribution in [1.82, 2.24) is 19.9 Å². The first-order valence-corrected chi connectivity index (χ1v) is 9.09. The molecule has 1 aliphatic carbocycles. The van der Waals surface area contributed by atoms with Gasteiger partial charge < -0.3 is 20.1 Å². The summed E-state index contributed by atoms with van der Waals surface area (Å²) in [5.41, 5.74) is 9.02. The number of halogens is 1. The lowest BCUT2D eigenvalue weighted by Crippen LogP contribution is -2.24. The van der Waals surface area contributed by atoms with Gasteiger partial charge in [-0.25, -0.2) is 14.4 Å². The van der Waals surface area contributed by atoms with Crippen molar-refractivity contribution in [2.45, 2.75) is 6.54 Å². The van der Waals surface area contributed by atoms with Crippen molar-refractivity contribution >= 4 is 22.5 Å². The molecule has 3 aromatic rings. The van der Waals surface area contributed by atoms with Gasteiger partial charge in [-0.2, -0.15) is 4.98 Å². The predicted molar refractivity (Wildman–Crippen MR) is 107 cm³/mol. The third kappa shape index (κ3) is 2.45. The summed E-state index contributed by atoms with van der Waals surface area (Å²) in [6, 6.07) is 2.89. The van der Waals surface area contributed by atoms with E-state index in [1.54, 1.807) is 4.90 Å². The van der Waals surface area contributed by atoms with Gasteiger partial charge >= 0.3 is 6.01 Å². The summed E-state index contributed by atoms with van der Waals surface area (Å²) < 4.78 is 25.4. The molecule has 0 fully saturated rings. The van der Waals surface area contributed by atoms with Crippen LogP contribution in [0.2, 0.25) is 0 Å². The fourth-order valence-corrected chi connectivity index (χ4v) is 3.69. The number of ether oxygens (including phenoxy) is 2. The second-order valence-electron chi connectivity index (χ2n) is 6.79. The van der Waals surface area contributed by atoms with Crippen LogP contribution in [0.15, 0.2) is 42.3 Å². The molecule has 0 saturated carbocycles. The van der Waals surface area contributed by atoms with Gasteiger partial charge in [0, 0.05) is 17.3 Å². The van der Waals surface area contributed by atoms with E-state index in [9.17, 15) is 4.79 Å². The second-order valence-corrected chi connectivity index (χ2v) is 6.79. The maximum absolute atomic E-state index is 15.0. The molecule has 1 aromatic carbocycles. The third-order valence-corrected chi connectivity index (χ3v) is 5.21. The van der Waals surface area contributed by atoms with Crippen molar-refractivity contribution in [1.29, 1.82) is 0 Å². The van der Waals surface area contributed by atoms with E-state index in [2.05, 4.69) is 15.0 Å². The Morgan fingerprint density at radius 2 is 1.97 bits per heavy atom. The summed E-state index contributed by atoms with van der Waals surface area (Å²) in [4.78, 5) is 27.3. The number of rotatable bonds is 4. The summed E-state index contributed by atoms with van der Waals surface area (Å²) in [6.45, 7) is 0.261. The quantitative estimate of drug-likeness (QED) is 0.712. The van der Waals surface area contributed by atoms with Crippen LogP contribution in [0.3, 0.4) is 0 Å². The van der Waals surface area contributed by atoms with Gasteiger partial charge in [0.1, 0.15) is 5.82 Å². The van der Waals surface area contributed by atoms with Crippen molar-refractivity contribution in [3.05, 3.63) is 59.3 Å². The number of carbonyl (C=O) groups excluding carboxylic acids is 1. The smallest absolute Gasteiger partial charge is 0.319 e. The number of hydrogen-bond acceptors (Lipinski definition) is 7. The van der Waals surface area contributed by atoms with Crippen molar-refractivity contribution in [2.24, 2.45) is 0 Å². The highest BCUT2D eigenvalue weighted by Crippen LogP contribution is 2.41. The van der Waals surface area contributed by atoms with Crippen LogP contribution in [0.5, 0.6) is 11.9 Å². The van der Waals surface area contributed by atoms with Crippen LogP contribution >= 0.6 is 0 Å². The number of pyridine rings is 1. The fraction of sp³-hybridized carbons (Fsp3) is 0.143. The first-order valence-electron chi connectivity index (χ1n) is 9.09.